The van der Waals surface area contributed by atoms with Gasteiger partial charge in [0.05, 0.1) is 5.02 Å². The maximum Gasteiger partial charge on any atom is 0.139 e. The van der Waals surface area contributed by atoms with Crippen molar-refractivity contribution in [2.75, 3.05) is 6.54 Å². The molecule has 0 aromatic heterocycles. The Morgan fingerprint density at radius 3 is 2.78 bits per heavy atom. The first-order chi connectivity index (χ1) is 8.77. The Balaban J connectivity index is 2.11. The number of benzene rings is 1. The molecule has 0 saturated carbocycles. The third kappa shape index (κ3) is 2.12. The van der Waals surface area contributed by atoms with E-state index in [9.17, 15) is 5.11 Å². The number of rotatable bonds is 1. The van der Waals surface area contributed by atoms with Crippen LogP contribution in [0.25, 0.3) is 0 Å². The van der Waals surface area contributed by atoms with Crippen LogP contribution in [0.3, 0.4) is 0 Å². The molecule has 0 bridgehead atoms. The standard InChI is InChI=1S/C15H20ClNO/c16-12-9-10-5-2-1-3-6-11(10)14(15(12)18)13-7-4-8-17-13/h9,13,17-18H,1-8H2. The van der Waals surface area contributed by atoms with Gasteiger partial charge in [0.15, 0.2) is 0 Å². The van der Waals surface area contributed by atoms with Crippen molar-refractivity contribution in [3.63, 3.8) is 0 Å². The zero-order valence-electron chi connectivity index (χ0n) is 10.6. The maximum absolute atomic E-state index is 10.3. The van der Waals surface area contributed by atoms with Crippen molar-refractivity contribution < 1.29 is 5.11 Å². The number of phenolic OH excluding ortho intramolecular Hbond substituents is 1. The van der Waals surface area contributed by atoms with E-state index in [0.29, 0.717) is 16.8 Å². The van der Waals surface area contributed by atoms with Gasteiger partial charge in [0.2, 0.25) is 0 Å². The molecule has 3 rings (SSSR count). The summed E-state index contributed by atoms with van der Waals surface area (Å²) in [6.07, 6.45) is 8.25. The highest BCUT2D eigenvalue weighted by molar-refractivity contribution is 6.32. The van der Waals surface area contributed by atoms with E-state index in [1.807, 2.05) is 6.07 Å². The molecule has 1 atom stereocenters. The van der Waals surface area contributed by atoms with Crippen molar-refractivity contribution in [3.05, 3.63) is 27.8 Å². The fourth-order valence-corrected chi connectivity index (χ4v) is 3.61. The molecule has 1 heterocycles. The van der Waals surface area contributed by atoms with E-state index >= 15 is 0 Å². The van der Waals surface area contributed by atoms with Crippen LogP contribution in [0.2, 0.25) is 5.02 Å². The summed E-state index contributed by atoms with van der Waals surface area (Å²) >= 11 is 6.20. The zero-order chi connectivity index (χ0) is 12.5. The molecule has 18 heavy (non-hydrogen) atoms. The summed E-state index contributed by atoms with van der Waals surface area (Å²) in [5, 5.41) is 14.4. The Morgan fingerprint density at radius 1 is 1.17 bits per heavy atom. The van der Waals surface area contributed by atoms with Crippen molar-refractivity contribution in [1.82, 2.24) is 5.32 Å². The van der Waals surface area contributed by atoms with Crippen LogP contribution in [0, 0.1) is 0 Å². The lowest BCUT2D eigenvalue weighted by molar-refractivity contribution is 0.455. The van der Waals surface area contributed by atoms with Crippen LogP contribution in [0.5, 0.6) is 5.75 Å². The van der Waals surface area contributed by atoms with Crippen LogP contribution in [0.15, 0.2) is 6.07 Å². The monoisotopic (exact) mass is 265 g/mol. The van der Waals surface area contributed by atoms with Crippen LogP contribution in [-0.4, -0.2) is 11.7 Å². The number of hydrogen-bond donors (Lipinski definition) is 2. The van der Waals surface area contributed by atoms with Gasteiger partial charge in [-0.05, 0) is 62.3 Å². The summed E-state index contributed by atoms with van der Waals surface area (Å²) < 4.78 is 0. The molecule has 1 aliphatic heterocycles. The second-order valence-corrected chi connectivity index (χ2v) is 5.88. The molecule has 2 nitrogen and oxygen atoms in total. The first-order valence-electron chi connectivity index (χ1n) is 7.04. The highest BCUT2D eigenvalue weighted by Gasteiger charge is 2.26. The first kappa shape index (κ1) is 12.3. The van der Waals surface area contributed by atoms with Crippen molar-refractivity contribution in [2.45, 2.75) is 51.0 Å². The molecule has 2 N–H and O–H groups in total. The fraction of sp³-hybridized carbons (Fsp3) is 0.600. The summed E-state index contributed by atoms with van der Waals surface area (Å²) in [4.78, 5) is 0. The third-order valence-electron chi connectivity index (χ3n) is 4.28. The van der Waals surface area contributed by atoms with Crippen LogP contribution in [0.1, 0.15) is 54.8 Å². The normalized spacial score (nSPS) is 23.7. The summed E-state index contributed by atoms with van der Waals surface area (Å²) in [6.45, 7) is 1.05. The quantitative estimate of drug-likeness (QED) is 0.758. The number of fused-ring (bicyclic) bond motifs is 1. The van der Waals surface area contributed by atoms with E-state index in [2.05, 4.69) is 5.32 Å². The zero-order valence-corrected chi connectivity index (χ0v) is 11.4. The number of aryl methyl sites for hydroxylation is 1. The van der Waals surface area contributed by atoms with Crippen LogP contribution >= 0.6 is 11.6 Å². The van der Waals surface area contributed by atoms with Gasteiger partial charge in [0, 0.05) is 11.6 Å². The number of aromatic hydroxyl groups is 1. The molecule has 1 unspecified atom stereocenters. The van der Waals surface area contributed by atoms with E-state index in [-0.39, 0.29) is 0 Å². The van der Waals surface area contributed by atoms with E-state index in [1.54, 1.807) is 0 Å². The topological polar surface area (TPSA) is 32.3 Å². The van der Waals surface area contributed by atoms with E-state index in [1.165, 1.54) is 36.8 Å². The van der Waals surface area contributed by atoms with Gasteiger partial charge in [-0.15, -0.1) is 0 Å². The summed E-state index contributed by atoms with van der Waals surface area (Å²) in [5.74, 6) is 0.316. The molecule has 1 saturated heterocycles. The minimum atomic E-state index is 0.301. The lowest BCUT2D eigenvalue weighted by atomic mass is 9.91. The number of nitrogens with one attached hydrogen (secondary N) is 1. The van der Waals surface area contributed by atoms with Gasteiger partial charge >= 0.3 is 0 Å². The number of halogens is 1. The maximum atomic E-state index is 10.3. The largest absolute Gasteiger partial charge is 0.506 e. The molecule has 3 heteroatoms. The van der Waals surface area contributed by atoms with Crippen molar-refractivity contribution in [2.24, 2.45) is 0 Å². The smallest absolute Gasteiger partial charge is 0.139 e. The molecular weight excluding hydrogens is 246 g/mol. The Labute approximate surface area is 113 Å². The Kier molecular flexibility index (Phi) is 3.49. The lowest BCUT2D eigenvalue weighted by Gasteiger charge is -2.20. The molecule has 98 valence electrons. The molecule has 0 amide bonds. The second kappa shape index (κ2) is 5.10. The second-order valence-electron chi connectivity index (χ2n) is 5.47. The van der Waals surface area contributed by atoms with Gasteiger partial charge in [-0.3, -0.25) is 0 Å². The van der Waals surface area contributed by atoms with Gasteiger partial charge in [0.25, 0.3) is 0 Å². The Bertz CT molecular complexity index is 452. The SMILES string of the molecule is Oc1c(Cl)cc2c(c1C1CCCN1)CCCCC2. The minimum absolute atomic E-state index is 0.301. The molecule has 1 aromatic carbocycles. The Hall–Kier alpha value is -0.730. The molecule has 1 fully saturated rings. The highest BCUT2D eigenvalue weighted by Crippen LogP contribution is 2.41. The Morgan fingerprint density at radius 2 is 2.00 bits per heavy atom. The summed E-state index contributed by atoms with van der Waals surface area (Å²) in [5.41, 5.74) is 3.82. The van der Waals surface area contributed by atoms with Crippen molar-refractivity contribution >= 4 is 11.6 Å². The van der Waals surface area contributed by atoms with Gasteiger partial charge in [-0.25, -0.2) is 0 Å². The summed E-state index contributed by atoms with van der Waals surface area (Å²) in [6, 6.07) is 2.28. The van der Waals surface area contributed by atoms with E-state index < -0.39 is 0 Å². The van der Waals surface area contributed by atoms with Crippen molar-refractivity contribution in [1.29, 1.82) is 0 Å². The lowest BCUT2D eigenvalue weighted by Crippen LogP contribution is -2.16. The average Bonchev–Trinajstić information content (AvgIpc) is 2.78. The van der Waals surface area contributed by atoms with Gasteiger partial charge in [-0.1, -0.05) is 18.0 Å². The molecular formula is C15H20ClNO. The first-order valence-corrected chi connectivity index (χ1v) is 7.41. The van der Waals surface area contributed by atoms with E-state index in [0.717, 1.165) is 31.4 Å². The number of hydrogen-bond acceptors (Lipinski definition) is 2. The van der Waals surface area contributed by atoms with Crippen LogP contribution < -0.4 is 5.32 Å². The average molecular weight is 266 g/mol. The molecule has 0 radical (unpaired) electrons. The summed E-state index contributed by atoms with van der Waals surface area (Å²) in [7, 11) is 0. The molecule has 0 spiro atoms. The molecule has 1 aliphatic carbocycles. The van der Waals surface area contributed by atoms with Crippen LogP contribution in [-0.2, 0) is 12.8 Å². The highest BCUT2D eigenvalue weighted by atomic mass is 35.5. The van der Waals surface area contributed by atoms with Crippen LogP contribution in [0.4, 0.5) is 0 Å². The molecule has 2 aliphatic rings. The van der Waals surface area contributed by atoms with Gasteiger partial charge in [-0.2, -0.15) is 0 Å². The third-order valence-corrected chi connectivity index (χ3v) is 4.56. The van der Waals surface area contributed by atoms with E-state index in [4.69, 9.17) is 11.6 Å². The minimum Gasteiger partial charge on any atom is -0.506 e. The predicted molar refractivity (Wildman–Crippen MR) is 74.4 cm³/mol. The molecule has 1 aromatic rings. The fourth-order valence-electron chi connectivity index (χ4n) is 3.37. The van der Waals surface area contributed by atoms with Crippen molar-refractivity contribution in [3.8, 4) is 5.75 Å². The number of phenols is 1. The van der Waals surface area contributed by atoms with Gasteiger partial charge in [0.1, 0.15) is 5.75 Å². The van der Waals surface area contributed by atoms with Gasteiger partial charge < -0.3 is 10.4 Å². The predicted octanol–water partition coefficient (Wildman–Crippen LogP) is 3.74.